The van der Waals surface area contributed by atoms with E-state index >= 15 is 0 Å². The van der Waals surface area contributed by atoms with Crippen LogP contribution >= 0.6 is 0 Å². The van der Waals surface area contributed by atoms with Crippen molar-refractivity contribution in [3.63, 3.8) is 0 Å². The van der Waals surface area contributed by atoms with Gasteiger partial charge in [-0.15, -0.1) is 0 Å². The van der Waals surface area contributed by atoms with Crippen LogP contribution in [0.3, 0.4) is 0 Å². The molecule has 1 rings (SSSR count). The molecule has 1 aliphatic rings. The van der Waals surface area contributed by atoms with Crippen molar-refractivity contribution in [1.29, 1.82) is 0 Å². The zero-order valence-corrected chi connectivity index (χ0v) is 9.82. The lowest BCUT2D eigenvalue weighted by Crippen LogP contribution is -2.51. The summed E-state index contributed by atoms with van der Waals surface area (Å²) < 4.78 is 26.8. The molecule has 5 nitrogen and oxygen atoms in total. The van der Waals surface area contributed by atoms with E-state index in [1.807, 2.05) is 0 Å². The Morgan fingerprint density at radius 3 is 2.07 bits per heavy atom. The van der Waals surface area contributed by atoms with Gasteiger partial charge >= 0.3 is 0 Å². The number of hydrogen-bond acceptors (Lipinski definition) is 5. The quantitative estimate of drug-likeness (QED) is 0.634. The molecule has 0 amide bonds. The average molecular weight is 220 g/mol. The van der Waals surface area contributed by atoms with E-state index in [2.05, 4.69) is 0 Å². The molecule has 0 bridgehead atoms. The van der Waals surface area contributed by atoms with Gasteiger partial charge < -0.3 is 23.7 Å². The lowest BCUT2D eigenvalue weighted by atomic mass is 9.97. The summed E-state index contributed by atoms with van der Waals surface area (Å²) >= 11 is 0. The minimum Gasteiger partial charge on any atom is -0.381 e. The van der Waals surface area contributed by atoms with Crippen LogP contribution < -0.4 is 0 Å². The van der Waals surface area contributed by atoms with Gasteiger partial charge in [0.05, 0.1) is 19.8 Å². The summed E-state index contributed by atoms with van der Waals surface area (Å²) in [5, 5.41) is 0. The molecule has 0 aromatic carbocycles. The SMILES string of the molecule is COCC1(COC)OCC(OC)C1OC. The fourth-order valence-corrected chi connectivity index (χ4v) is 2.09. The fraction of sp³-hybridized carbons (Fsp3) is 1.00. The van der Waals surface area contributed by atoms with Gasteiger partial charge in [0.15, 0.2) is 0 Å². The Bertz CT molecular complexity index is 179. The molecule has 2 atom stereocenters. The van der Waals surface area contributed by atoms with Gasteiger partial charge in [-0.1, -0.05) is 0 Å². The molecule has 1 fully saturated rings. The van der Waals surface area contributed by atoms with E-state index in [0.717, 1.165) is 0 Å². The highest BCUT2D eigenvalue weighted by Gasteiger charge is 2.51. The predicted octanol–water partition coefficient (Wildman–Crippen LogP) is 0.0782. The van der Waals surface area contributed by atoms with Gasteiger partial charge in [0.25, 0.3) is 0 Å². The largest absolute Gasteiger partial charge is 0.381 e. The van der Waals surface area contributed by atoms with Crippen LogP contribution in [0.4, 0.5) is 0 Å². The van der Waals surface area contributed by atoms with Gasteiger partial charge in [-0.2, -0.15) is 0 Å². The number of rotatable bonds is 6. The molecule has 90 valence electrons. The monoisotopic (exact) mass is 220 g/mol. The van der Waals surface area contributed by atoms with Crippen molar-refractivity contribution in [1.82, 2.24) is 0 Å². The van der Waals surface area contributed by atoms with Crippen molar-refractivity contribution >= 4 is 0 Å². The maximum Gasteiger partial charge on any atom is 0.143 e. The lowest BCUT2D eigenvalue weighted by molar-refractivity contribution is -0.145. The smallest absolute Gasteiger partial charge is 0.143 e. The molecule has 5 heteroatoms. The normalized spacial score (nSPS) is 29.6. The third kappa shape index (κ3) is 2.49. The second-order valence-corrected chi connectivity index (χ2v) is 3.67. The Labute approximate surface area is 90.6 Å². The second kappa shape index (κ2) is 5.77. The standard InChI is InChI=1S/C10H20O5/c1-11-6-10(7-12-2)9(14-4)8(13-3)5-15-10/h8-9H,5-7H2,1-4H3. The highest BCUT2D eigenvalue weighted by atomic mass is 16.6. The Balaban J connectivity index is 2.77. The Morgan fingerprint density at radius 2 is 1.67 bits per heavy atom. The Hall–Kier alpha value is -0.200. The van der Waals surface area contributed by atoms with Crippen LogP contribution in [0.5, 0.6) is 0 Å². The summed E-state index contributed by atoms with van der Waals surface area (Å²) in [6.45, 7) is 1.36. The number of methoxy groups -OCH3 is 4. The molecule has 0 N–H and O–H groups in total. The third-order valence-electron chi connectivity index (χ3n) is 2.73. The zero-order chi connectivity index (χ0) is 11.3. The van der Waals surface area contributed by atoms with E-state index in [1.54, 1.807) is 28.4 Å². The van der Waals surface area contributed by atoms with Crippen molar-refractivity contribution in [3.8, 4) is 0 Å². The molecular formula is C10H20O5. The molecule has 0 spiro atoms. The minimum absolute atomic E-state index is 0.0692. The Morgan fingerprint density at radius 1 is 1.07 bits per heavy atom. The first-order valence-electron chi connectivity index (χ1n) is 4.91. The van der Waals surface area contributed by atoms with Gasteiger partial charge in [-0.05, 0) is 0 Å². The summed E-state index contributed by atoms with van der Waals surface area (Å²) in [5.74, 6) is 0. The molecule has 1 aliphatic heterocycles. The summed E-state index contributed by atoms with van der Waals surface area (Å²) in [5.41, 5.74) is -0.557. The van der Waals surface area contributed by atoms with Gasteiger partial charge in [0, 0.05) is 28.4 Å². The maximum absolute atomic E-state index is 5.73. The van der Waals surface area contributed by atoms with Crippen LogP contribution in [0.1, 0.15) is 0 Å². The topological polar surface area (TPSA) is 46.2 Å². The Kier molecular flexibility index (Phi) is 4.95. The first-order chi connectivity index (χ1) is 7.24. The summed E-state index contributed by atoms with van der Waals surface area (Å²) in [6, 6.07) is 0. The lowest BCUT2D eigenvalue weighted by Gasteiger charge is -2.32. The summed E-state index contributed by atoms with van der Waals surface area (Å²) in [6.07, 6.45) is -0.234. The number of hydrogen-bond donors (Lipinski definition) is 0. The minimum atomic E-state index is -0.557. The van der Waals surface area contributed by atoms with Crippen molar-refractivity contribution in [2.75, 3.05) is 48.3 Å². The molecule has 0 aliphatic carbocycles. The van der Waals surface area contributed by atoms with E-state index < -0.39 is 5.60 Å². The first-order valence-corrected chi connectivity index (χ1v) is 4.91. The van der Waals surface area contributed by atoms with Crippen LogP contribution in [0.15, 0.2) is 0 Å². The molecule has 15 heavy (non-hydrogen) atoms. The van der Waals surface area contributed by atoms with Crippen LogP contribution in [-0.4, -0.2) is 66.1 Å². The van der Waals surface area contributed by atoms with E-state index in [4.69, 9.17) is 23.7 Å². The van der Waals surface area contributed by atoms with Gasteiger partial charge in [-0.3, -0.25) is 0 Å². The van der Waals surface area contributed by atoms with E-state index in [9.17, 15) is 0 Å². The highest BCUT2D eigenvalue weighted by Crippen LogP contribution is 2.31. The molecule has 0 saturated carbocycles. The number of ether oxygens (including phenoxy) is 5. The summed E-state index contributed by atoms with van der Waals surface area (Å²) in [4.78, 5) is 0. The van der Waals surface area contributed by atoms with Crippen molar-refractivity contribution in [2.45, 2.75) is 17.8 Å². The predicted molar refractivity (Wildman–Crippen MR) is 54.0 cm³/mol. The fourth-order valence-electron chi connectivity index (χ4n) is 2.09. The van der Waals surface area contributed by atoms with Crippen LogP contribution in [0.25, 0.3) is 0 Å². The van der Waals surface area contributed by atoms with Crippen molar-refractivity contribution in [2.24, 2.45) is 0 Å². The van der Waals surface area contributed by atoms with Crippen LogP contribution in [0.2, 0.25) is 0 Å². The van der Waals surface area contributed by atoms with Crippen LogP contribution in [-0.2, 0) is 23.7 Å². The summed E-state index contributed by atoms with van der Waals surface area (Å²) in [7, 11) is 6.56. The molecule has 0 aromatic rings. The van der Waals surface area contributed by atoms with Crippen molar-refractivity contribution < 1.29 is 23.7 Å². The second-order valence-electron chi connectivity index (χ2n) is 3.67. The van der Waals surface area contributed by atoms with Crippen LogP contribution in [0, 0.1) is 0 Å². The molecule has 1 heterocycles. The molecule has 0 aromatic heterocycles. The average Bonchev–Trinajstić information content (AvgIpc) is 2.57. The van der Waals surface area contributed by atoms with E-state index in [-0.39, 0.29) is 12.2 Å². The molecule has 1 saturated heterocycles. The van der Waals surface area contributed by atoms with E-state index in [1.165, 1.54) is 0 Å². The maximum atomic E-state index is 5.73. The molecule has 2 unspecified atom stereocenters. The highest BCUT2D eigenvalue weighted by molar-refractivity contribution is 4.99. The van der Waals surface area contributed by atoms with Gasteiger partial charge in [0.2, 0.25) is 0 Å². The van der Waals surface area contributed by atoms with Crippen molar-refractivity contribution in [3.05, 3.63) is 0 Å². The molecule has 0 radical (unpaired) electrons. The third-order valence-corrected chi connectivity index (χ3v) is 2.73. The first kappa shape index (κ1) is 12.9. The molecular weight excluding hydrogens is 200 g/mol. The van der Waals surface area contributed by atoms with Gasteiger partial charge in [-0.25, -0.2) is 0 Å². The zero-order valence-electron chi connectivity index (χ0n) is 9.82. The van der Waals surface area contributed by atoms with Gasteiger partial charge in [0.1, 0.15) is 17.8 Å². The van der Waals surface area contributed by atoms with E-state index in [0.29, 0.717) is 19.8 Å².